The van der Waals surface area contributed by atoms with E-state index in [0.717, 1.165) is 12.8 Å². The molecule has 3 heterocycles. The molecule has 2 aliphatic heterocycles. The summed E-state index contributed by atoms with van der Waals surface area (Å²) in [6.45, 7) is 28.1. The molecule has 0 spiro atoms. The van der Waals surface area contributed by atoms with Gasteiger partial charge in [-0.25, -0.2) is 0 Å². The quantitative estimate of drug-likeness (QED) is 0.165. The Morgan fingerprint density at radius 1 is 0.419 bits per heavy atom. The first kappa shape index (κ1) is 40.3. The number of rotatable bonds is 3. The summed E-state index contributed by atoms with van der Waals surface area (Å²) >= 11 is 0. The minimum atomic E-state index is -0.0154. The number of benzene rings is 6. The van der Waals surface area contributed by atoms with Crippen LogP contribution in [0.25, 0.3) is 27.5 Å². The van der Waals surface area contributed by atoms with Crippen LogP contribution in [0.4, 0.5) is 28.4 Å². The fourth-order valence-corrected chi connectivity index (χ4v) is 10.4. The molecule has 3 aliphatic rings. The van der Waals surface area contributed by atoms with E-state index < -0.39 is 0 Å². The summed E-state index contributed by atoms with van der Waals surface area (Å²) in [5, 5.41) is 2.54. The van der Waals surface area contributed by atoms with Crippen LogP contribution in [0.15, 0.2) is 145 Å². The van der Waals surface area contributed by atoms with Gasteiger partial charge < -0.3 is 14.4 Å². The molecule has 0 unspecified atom stereocenters. The molecule has 312 valence electrons. The molecule has 1 aliphatic carbocycles. The van der Waals surface area contributed by atoms with Crippen LogP contribution in [-0.4, -0.2) is 11.3 Å². The Kier molecular flexibility index (Phi) is 9.03. The molecule has 0 radical (unpaired) electrons. The van der Waals surface area contributed by atoms with Crippen LogP contribution in [0.2, 0.25) is 0 Å². The minimum Gasteiger partial charge on any atom is -0.315 e. The second kappa shape index (κ2) is 13.9. The lowest BCUT2D eigenvalue weighted by Gasteiger charge is -2.46. The molecule has 0 bridgehead atoms. The molecule has 7 aromatic rings. The highest BCUT2D eigenvalue weighted by Crippen LogP contribution is 2.47. The van der Waals surface area contributed by atoms with Gasteiger partial charge in [-0.3, -0.25) is 0 Å². The third kappa shape index (κ3) is 6.47. The summed E-state index contributed by atoms with van der Waals surface area (Å²) in [6, 6.07) is 47.0. The standard InChI is InChI=1S/C58H62BN3/c1-55(2,3)37-21-27-41(28-22-37)60-50-31-25-39(57(7,8)9)33-46(50)59-47-34-40(58(10,11)12)26-32-51(47)61(42-29-23-38(24-30-42)56(4,5)6)53-36-43(35-52(60)54(53)59)62-48-19-15-13-17-44(48)45-18-14-16-20-49(45)62/h13-23,25-29,31-36H,24,30H2,1-12H3. The van der Waals surface area contributed by atoms with E-state index in [-0.39, 0.29) is 28.4 Å². The Balaban J connectivity index is 1.35. The second-order valence-corrected chi connectivity index (χ2v) is 22.3. The van der Waals surface area contributed by atoms with Crippen molar-refractivity contribution >= 4 is 73.3 Å². The van der Waals surface area contributed by atoms with Gasteiger partial charge in [-0.2, -0.15) is 0 Å². The fraction of sp³-hybridized carbons (Fsp3) is 0.310. The zero-order chi connectivity index (χ0) is 43.7. The Bertz CT molecular complexity index is 2950. The summed E-state index contributed by atoms with van der Waals surface area (Å²) in [4.78, 5) is 5.24. The van der Waals surface area contributed by atoms with Gasteiger partial charge in [0, 0.05) is 44.9 Å². The van der Waals surface area contributed by atoms with Crippen LogP contribution < -0.4 is 26.2 Å². The number of para-hydroxylation sites is 2. The lowest BCUT2D eigenvalue weighted by molar-refractivity contribution is 0.479. The van der Waals surface area contributed by atoms with Gasteiger partial charge in [0.05, 0.1) is 16.7 Å². The van der Waals surface area contributed by atoms with Gasteiger partial charge in [0.1, 0.15) is 0 Å². The van der Waals surface area contributed by atoms with Crippen molar-refractivity contribution in [3.8, 4) is 5.69 Å². The van der Waals surface area contributed by atoms with Crippen LogP contribution in [0, 0.1) is 5.41 Å². The van der Waals surface area contributed by atoms with Crippen molar-refractivity contribution in [1.82, 2.24) is 4.57 Å². The third-order valence-corrected chi connectivity index (χ3v) is 14.0. The van der Waals surface area contributed by atoms with E-state index >= 15 is 0 Å². The fourth-order valence-electron chi connectivity index (χ4n) is 10.4. The van der Waals surface area contributed by atoms with Crippen LogP contribution in [0.3, 0.4) is 0 Å². The average molecular weight is 812 g/mol. The molecule has 3 nitrogen and oxygen atoms in total. The molecule has 0 N–H and O–H groups in total. The van der Waals surface area contributed by atoms with E-state index in [1.54, 1.807) is 0 Å². The van der Waals surface area contributed by atoms with Gasteiger partial charge >= 0.3 is 0 Å². The first-order valence-corrected chi connectivity index (χ1v) is 22.9. The van der Waals surface area contributed by atoms with Crippen molar-refractivity contribution in [3.63, 3.8) is 0 Å². The van der Waals surface area contributed by atoms with Crippen molar-refractivity contribution in [2.24, 2.45) is 5.41 Å². The summed E-state index contributed by atoms with van der Waals surface area (Å²) in [5.41, 5.74) is 21.0. The second-order valence-electron chi connectivity index (χ2n) is 22.3. The highest BCUT2D eigenvalue weighted by molar-refractivity contribution is 7.00. The van der Waals surface area contributed by atoms with Crippen LogP contribution >= 0.6 is 0 Å². The Labute approximate surface area is 370 Å². The summed E-state index contributed by atoms with van der Waals surface area (Å²) in [7, 11) is 0. The smallest absolute Gasteiger partial charge is 0.252 e. The molecule has 6 aromatic carbocycles. The summed E-state index contributed by atoms with van der Waals surface area (Å²) in [6.07, 6.45) is 6.88. The zero-order valence-electron chi connectivity index (χ0n) is 39.0. The van der Waals surface area contributed by atoms with Crippen molar-refractivity contribution in [1.29, 1.82) is 0 Å². The van der Waals surface area contributed by atoms with E-state index in [9.17, 15) is 0 Å². The monoisotopic (exact) mass is 812 g/mol. The van der Waals surface area contributed by atoms with Crippen molar-refractivity contribution < 1.29 is 0 Å². The normalized spacial score (nSPS) is 15.4. The van der Waals surface area contributed by atoms with Gasteiger partial charge in [0.2, 0.25) is 0 Å². The average Bonchev–Trinajstić information content (AvgIpc) is 3.56. The lowest BCUT2D eigenvalue weighted by Crippen LogP contribution is -2.62. The molecule has 1 aromatic heterocycles. The minimum absolute atomic E-state index is 0.0105. The molecule has 4 heteroatoms. The van der Waals surface area contributed by atoms with Gasteiger partial charge in [0.15, 0.2) is 0 Å². The van der Waals surface area contributed by atoms with Crippen LogP contribution in [-0.2, 0) is 16.2 Å². The maximum atomic E-state index is 2.66. The van der Waals surface area contributed by atoms with Crippen molar-refractivity contribution in [3.05, 3.63) is 161 Å². The first-order chi connectivity index (χ1) is 29.3. The van der Waals surface area contributed by atoms with Gasteiger partial charge in [-0.15, -0.1) is 0 Å². The molecule has 0 saturated carbocycles. The van der Waals surface area contributed by atoms with Crippen molar-refractivity contribution in [2.75, 3.05) is 9.80 Å². The van der Waals surface area contributed by atoms with E-state index in [1.165, 1.54) is 100 Å². The molecule has 62 heavy (non-hydrogen) atoms. The SMILES string of the molecule is CC(C)(C)C1=CC=C(N2c3ccc(C(C)(C)C)cc3B3c4cc(C(C)(C)C)ccc4N(c4ccc(C(C)(C)C)cc4)c4cc(-n5c6ccccc6c6ccccc65)cc2c43)CC1. The Morgan fingerprint density at radius 2 is 0.903 bits per heavy atom. The molecule has 0 saturated heterocycles. The number of aromatic nitrogens is 1. The molecule has 0 amide bonds. The number of hydrogen-bond donors (Lipinski definition) is 0. The predicted molar refractivity (Wildman–Crippen MR) is 270 cm³/mol. The Hall–Kier alpha value is -5.74. The molecular formula is C58H62BN3. The molecule has 0 fully saturated rings. The van der Waals surface area contributed by atoms with E-state index in [1.807, 2.05) is 0 Å². The molecule has 0 atom stereocenters. The molecular weight excluding hydrogens is 749 g/mol. The number of anilines is 5. The number of allylic oxidation sites excluding steroid dienone is 4. The van der Waals surface area contributed by atoms with E-state index in [2.05, 4.69) is 231 Å². The van der Waals surface area contributed by atoms with Gasteiger partial charge in [-0.05, 0) is 122 Å². The number of hydrogen-bond acceptors (Lipinski definition) is 2. The highest BCUT2D eigenvalue weighted by atomic mass is 15.2. The summed E-state index contributed by atoms with van der Waals surface area (Å²) in [5.74, 6) is 0. The highest BCUT2D eigenvalue weighted by Gasteiger charge is 2.45. The van der Waals surface area contributed by atoms with Gasteiger partial charge in [0.25, 0.3) is 6.71 Å². The largest absolute Gasteiger partial charge is 0.315 e. The maximum Gasteiger partial charge on any atom is 0.252 e. The lowest BCUT2D eigenvalue weighted by atomic mass is 9.33. The number of nitrogens with zero attached hydrogens (tertiary/aromatic N) is 3. The topological polar surface area (TPSA) is 11.4 Å². The van der Waals surface area contributed by atoms with Gasteiger partial charge in [-0.1, -0.05) is 168 Å². The maximum absolute atomic E-state index is 2.66. The Morgan fingerprint density at radius 3 is 1.39 bits per heavy atom. The first-order valence-electron chi connectivity index (χ1n) is 22.9. The summed E-state index contributed by atoms with van der Waals surface area (Å²) < 4.78 is 2.51. The number of fused-ring (bicyclic) bond motifs is 7. The van der Waals surface area contributed by atoms with E-state index in [0.29, 0.717) is 0 Å². The third-order valence-electron chi connectivity index (χ3n) is 14.0. The van der Waals surface area contributed by atoms with E-state index in [4.69, 9.17) is 0 Å². The zero-order valence-corrected chi connectivity index (χ0v) is 39.0. The molecule has 10 rings (SSSR count). The van der Waals surface area contributed by atoms with Crippen LogP contribution in [0.1, 0.15) is 113 Å². The van der Waals surface area contributed by atoms with Crippen LogP contribution in [0.5, 0.6) is 0 Å². The van der Waals surface area contributed by atoms with Crippen molar-refractivity contribution in [2.45, 2.75) is 112 Å². The predicted octanol–water partition coefficient (Wildman–Crippen LogP) is 14.1.